The summed E-state index contributed by atoms with van der Waals surface area (Å²) in [5, 5.41) is 2.83. The number of esters is 3. The van der Waals surface area contributed by atoms with E-state index in [4.69, 9.17) is 9.47 Å². The van der Waals surface area contributed by atoms with Gasteiger partial charge in [0, 0.05) is 45.8 Å². The normalized spacial score (nSPS) is 11.1. The van der Waals surface area contributed by atoms with Crippen LogP contribution < -0.4 is 4.74 Å². The van der Waals surface area contributed by atoms with Crippen LogP contribution in [0, 0.1) is 29.1 Å². The average Bonchev–Trinajstić information content (AvgIpc) is 4.10. The molecule has 0 saturated carbocycles. The molecule has 0 aliphatic carbocycles. The van der Waals surface area contributed by atoms with Gasteiger partial charge in [0.1, 0.15) is 17.1 Å². The number of rotatable bonds is 24. The Labute approximate surface area is 413 Å². The number of aromatic amines is 1. The molecule has 3 heterocycles. The van der Waals surface area contributed by atoms with E-state index in [1.165, 1.54) is 76.7 Å². The van der Waals surface area contributed by atoms with Gasteiger partial charge < -0.3 is 28.3 Å². The van der Waals surface area contributed by atoms with E-state index in [-0.39, 0.29) is 17.6 Å². The maximum Gasteiger partial charge on any atom is 0.360 e. The van der Waals surface area contributed by atoms with Gasteiger partial charge in [-0.1, -0.05) is 158 Å². The van der Waals surface area contributed by atoms with Crippen molar-refractivity contribution in [2.45, 2.75) is 144 Å². The van der Waals surface area contributed by atoms with E-state index < -0.39 is 40.8 Å². The third-order valence-electron chi connectivity index (χ3n) is 12.2. The summed E-state index contributed by atoms with van der Waals surface area (Å²) in [5.41, 5.74) is 3.96. The zero-order valence-corrected chi connectivity index (χ0v) is 41.5. The van der Waals surface area contributed by atoms with E-state index in [0.29, 0.717) is 42.0 Å². The molecule has 0 radical (unpaired) electrons. The van der Waals surface area contributed by atoms with Gasteiger partial charge >= 0.3 is 17.9 Å². The predicted molar refractivity (Wildman–Crippen MR) is 270 cm³/mol. The van der Waals surface area contributed by atoms with Crippen LogP contribution in [0.1, 0.15) is 162 Å². The fourth-order valence-corrected chi connectivity index (χ4v) is 8.46. The number of hydrogen-bond acceptors (Lipinski definition) is 6. The van der Waals surface area contributed by atoms with Gasteiger partial charge in [-0.25, -0.2) is 27.6 Å². The van der Waals surface area contributed by atoms with Crippen LogP contribution in [0.5, 0.6) is 5.75 Å². The van der Waals surface area contributed by atoms with Crippen molar-refractivity contribution in [1.82, 2.24) is 14.1 Å². The Balaban J connectivity index is 0.000000215. The molecule has 0 aliphatic rings. The Bertz CT molecular complexity index is 2730. The highest BCUT2D eigenvalue weighted by molar-refractivity contribution is 5.97. The molecule has 0 fully saturated rings. The van der Waals surface area contributed by atoms with Crippen LogP contribution in [0.4, 0.5) is 22.0 Å². The molecule has 7 rings (SSSR count). The molecule has 4 aromatic carbocycles. The highest BCUT2D eigenvalue weighted by Crippen LogP contribution is 2.31. The van der Waals surface area contributed by atoms with E-state index in [9.17, 15) is 36.3 Å². The maximum absolute atomic E-state index is 14.0. The lowest BCUT2D eigenvalue weighted by Crippen LogP contribution is -2.17. The largest absolute Gasteiger partial charge is 0.461 e. The topological polar surface area (TPSA) is 105 Å². The van der Waals surface area contributed by atoms with Crippen molar-refractivity contribution >= 4 is 50.6 Å². The molecule has 0 spiro atoms. The van der Waals surface area contributed by atoms with E-state index in [2.05, 4.69) is 40.3 Å². The van der Waals surface area contributed by atoms with Crippen LogP contribution >= 0.6 is 0 Å². The van der Waals surface area contributed by atoms with Crippen LogP contribution in [0.3, 0.4) is 0 Å². The molecule has 0 saturated heterocycles. The number of unbranched alkanes of at least 4 members (excludes halogenated alkanes) is 14. The fraction of sp³-hybridized carbons (Fsp3) is 0.421. The number of aromatic nitrogens is 3. The second-order valence-electron chi connectivity index (χ2n) is 17.4. The number of benzene rings is 4. The molecule has 0 bridgehead atoms. The van der Waals surface area contributed by atoms with E-state index in [1.807, 2.05) is 49.4 Å². The molecule has 14 heteroatoms. The van der Waals surface area contributed by atoms with Crippen molar-refractivity contribution in [2.24, 2.45) is 0 Å². The first kappa shape index (κ1) is 55.5. The monoisotopic (exact) mass is 986 g/mol. The second-order valence-corrected chi connectivity index (χ2v) is 17.4. The van der Waals surface area contributed by atoms with Crippen molar-refractivity contribution in [3.8, 4) is 5.75 Å². The van der Waals surface area contributed by atoms with Crippen LogP contribution in [0.2, 0.25) is 0 Å². The number of nitrogens with one attached hydrogen (secondary N) is 1. The Morgan fingerprint density at radius 3 is 1.31 bits per heavy atom. The molecule has 0 amide bonds. The molecule has 0 atom stereocenters. The molecule has 382 valence electrons. The number of ether oxygens (including phenoxy) is 3. The summed E-state index contributed by atoms with van der Waals surface area (Å²) in [6.45, 7) is 10.2. The smallest absolute Gasteiger partial charge is 0.360 e. The van der Waals surface area contributed by atoms with Gasteiger partial charge in [-0.3, -0.25) is 0 Å². The quantitative estimate of drug-likeness (QED) is 0.0161. The van der Waals surface area contributed by atoms with Gasteiger partial charge in [0.15, 0.2) is 0 Å². The number of carbonyl (C=O) groups excluding carboxylic acids is 3. The minimum Gasteiger partial charge on any atom is -0.461 e. The Morgan fingerprint density at radius 2 is 0.845 bits per heavy atom. The van der Waals surface area contributed by atoms with Crippen molar-refractivity contribution in [1.29, 1.82) is 0 Å². The molecular formula is C57H68F5N3O6. The van der Waals surface area contributed by atoms with Gasteiger partial charge in [-0.15, -0.1) is 0 Å². The second kappa shape index (κ2) is 29.0. The summed E-state index contributed by atoms with van der Waals surface area (Å²) in [6, 6.07) is 28.3. The minimum atomic E-state index is -2.31. The average molecular weight is 986 g/mol. The number of halogens is 5. The number of H-pyrrole nitrogens is 1. The predicted octanol–water partition coefficient (Wildman–Crippen LogP) is 16.0. The van der Waals surface area contributed by atoms with Gasteiger partial charge in [-0.05, 0) is 63.1 Å². The zero-order chi connectivity index (χ0) is 51.1. The maximum atomic E-state index is 14.0. The SMILES string of the molecule is CCCCCCCCCCn1c(C(=O)OCC)cc2ccccc21.CCCCCCCCCCn1c(C(=O)Oc2c(F)c(F)c(F)c(F)c2F)cc2ccccc21.CCOC(=O)c1cc2ccccc2[nH]1. The standard InChI is InChI=1S/C25H26F5NO2.C21H31NO2.C11H11NO2/c1-2-3-4-5-6-7-8-11-14-31-17-13-10-9-12-16(17)15-18(31)25(32)33-24-22(29)20(27)19(26)21(28)23(24)30;1-3-5-6-7-8-9-10-13-16-22-19-15-12-11-14-18(19)17-20(22)21(23)24-4-2;1-2-14-11(13)10-7-8-5-3-4-6-9(8)12-10/h9-10,12-13,15H,2-8,11,14H2,1H3;11-12,14-15,17H,3-10,13,16H2,1-2H3;3-7,12H,2H2,1H3. The van der Waals surface area contributed by atoms with Crippen LogP contribution in [0.25, 0.3) is 32.7 Å². The molecule has 0 unspecified atom stereocenters. The Morgan fingerprint density at radius 1 is 0.451 bits per heavy atom. The third-order valence-corrected chi connectivity index (χ3v) is 12.2. The van der Waals surface area contributed by atoms with E-state index in [1.54, 1.807) is 41.8 Å². The highest BCUT2D eigenvalue weighted by atomic mass is 19.2. The number of para-hydroxylation sites is 3. The number of fused-ring (bicyclic) bond motifs is 3. The van der Waals surface area contributed by atoms with Gasteiger partial charge in [-0.2, -0.15) is 8.78 Å². The number of nitrogens with zero attached hydrogens (tertiary/aromatic N) is 2. The first-order chi connectivity index (χ1) is 34.4. The van der Waals surface area contributed by atoms with Crippen LogP contribution in [-0.4, -0.2) is 45.2 Å². The summed E-state index contributed by atoms with van der Waals surface area (Å²) in [5.74, 6) is -14.4. The lowest BCUT2D eigenvalue weighted by Gasteiger charge is -2.12. The molecule has 0 aliphatic heterocycles. The van der Waals surface area contributed by atoms with Gasteiger partial charge in [0.2, 0.25) is 34.8 Å². The van der Waals surface area contributed by atoms with Crippen molar-refractivity contribution in [3.63, 3.8) is 0 Å². The van der Waals surface area contributed by atoms with Crippen LogP contribution in [-0.2, 0) is 22.6 Å². The summed E-state index contributed by atoms with van der Waals surface area (Å²) in [4.78, 5) is 39.3. The van der Waals surface area contributed by atoms with Crippen LogP contribution in [0.15, 0.2) is 91.0 Å². The summed E-state index contributed by atoms with van der Waals surface area (Å²) >= 11 is 0. The molecule has 71 heavy (non-hydrogen) atoms. The number of carbonyl (C=O) groups is 3. The molecule has 3 aromatic heterocycles. The minimum absolute atomic E-state index is 0.0249. The van der Waals surface area contributed by atoms with Crippen molar-refractivity contribution < 1.29 is 50.5 Å². The molecule has 1 N–H and O–H groups in total. The molecule has 7 aromatic rings. The van der Waals surface area contributed by atoms with E-state index in [0.717, 1.165) is 60.5 Å². The van der Waals surface area contributed by atoms with Gasteiger partial charge in [0.05, 0.1) is 13.2 Å². The zero-order valence-electron chi connectivity index (χ0n) is 41.5. The van der Waals surface area contributed by atoms with E-state index >= 15 is 0 Å². The lowest BCUT2D eigenvalue weighted by molar-refractivity contribution is 0.0507. The molecular weight excluding hydrogens is 918 g/mol. The molecule has 9 nitrogen and oxygen atoms in total. The summed E-state index contributed by atoms with van der Waals surface area (Å²) < 4.78 is 86.8. The Kier molecular flexibility index (Phi) is 22.7. The van der Waals surface area contributed by atoms with Gasteiger partial charge in [0.25, 0.3) is 0 Å². The first-order valence-corrected chi connectivity index (χ1v) is 25.3. The highest BCUT2D eigenvalue weighted by Gasteiger charge is 2.30. The number of hydrogen-bond donors (Lipinski definition) is 1. The number of aryl methyl sites for hydroxylation is 2. The fourth-order valence-electron chi connectivity index (χ4n) is 8.46. The van der Waals surface area contributed by atoms with Crippen molar-refractivity contribution in [3.05, 3.63) is 137 Å². The first-order valence-electron chi connectivity index (χ1n) is 25.3. The van der Waals surface area contributed by atoms with Crippen molar-refractivity contribution in [2.75, 3.05) is 13.2 Å². The summed E-state index contributed by atoms with van der Waals surface area (Å²) in [6.07, 6.45) is 19.0. The lowest BCUT2D eigenvalue weighted by atomic mass is 10.1. The summed E-state index contributed by atoms with van der Waals surface area (Å²) in [7, 11) is 0. The Hall–Kier alpha value is -6.44. The third kappa shape index (κ3) is 15.5.